The lowest BCUT2D eigenvalue weighted by Crippen LogP contribution is -2.30. The third-order valence-corrected chi connectivity index (χ3v) is 12.2. The monoisotopic (exact) mass is 761 g/mol. The summed E-state index contributed by atoms with van der Waals surface area (Å²) in [6, 6.07) is 10.9. The first-order chi connectivity index (χ1) is 23.8. The number of rotatable bonds is 12. The van der Waals surface area contributed by atoms with Gasteiger partial charge in [-0.2, -0.15) is 0 Å². The topological polar surface area (TPSA) is 77.2 Å². The number of allylic oxidation sites excluding steroid dienone is 1. The van der Waals surface area contributed by atoms with Gasteiger partial charge in [0.2, 0.25) is 5.88 Å². The van der Waals surface area contributed by atoms with Crippen LogP contribution >= 0.6 is 34.8 Å². The fraction of sp³-hybridized carbons (Fsp3) is 0.463. The molecule has 3 aromatic rings. The largest absolute Gasteiger partial charge is 0.480 e. The van der Waals surface area contributed by atoms with E-state index in [1.807, 2.05) is 32.9 Å². The number of methoxy groups -OCH3 is 1. The summed E-state index contributed by atoms with van der Waals surface area (Å²) in [5, 5.41) is 6.57. The van der Waals surface area contributed by atoms with Crippen LogP contribution in [-0.2, 0) is 9.52 Å². The van der Waals surface area contributed by atoms with Crippen molar-refractivity contribution in [1.82, 2.24) is 10.3 Å². The van der Waals surface area contributed by atoms with Crippen molar-refractivity contribution in [2.24, 2.45) is 23.5 Å². The SMILES string of the molecule is C=C(N)C(C)/C(C)=c1/ccc(-c2c(Cl)ccc(S(=C)(=O)c3cc(Cl)cnc3OC)c2Cl)c/c1=C/C(C)CC.CC.CCCNCC1CCCC1. The molecule has 0 amide bonds. The van der Waals surface area contributed by atoms with Crippen LogP contribution in [0.1, 0.15) is 87.0 Å². The Hall–Kier alpha value is -2.48. The second-order valence-corrected chi connectivity index (χ2v) is 16.2. The van der Waals surface area contributed by atoms with E-state index in [9.17, 15) is 4.21 Å². The highest BCUT2D eigenvalue weighted by molar-refractivity contribution is 8.00. The highest BCUT2D eigenvalue weighted by atomic mass is 35.5. The maximum atomic E-state index is 14.1. The maximum absolute atomic E-state index is 14.1. The predicted molar refractivity (Wildman–Crippen MR) is 221 cm³/mol. The van der Waals surface area contributed by atoms with Crippen molar-refractivity contribution in [3.63, 3.8) is 0 Å². The number of nitrogens with two attached hydrogens (primary N) is 1. The molecule has 276 valence electrons. The zero-order valence-electron chi connectivity index (χ0n) is 31.3. The average molecular weight is 763 g/mol. The summed E-state index contributed by atoms with van der Waals surface area (Å²) >= 11 is 19.8. The van der Waals surface area contributed by atoms with Crippen LogP contribution < -0.4 is 26.2 Å². The maximum Gasteiger partial charge on any atom is 0.229 e. The number of nitrogens with zero attached hydrogens (tertiary/aromatic N) is 1. The van der Waals surface area contributed by atoms with E-state index in [1.165, 1.54) is 64.6 Å². The van der Waals surface area contributed by atoms with E-state index in [4.69, 9.17) is 45.3 Å². The van der Waals surface area contributed by atoms with Crippen molar-refractivity contribution in [3.8, 4) is 17.0 Å². The molecule has 3 unspecified atom stereocenters. The molecule has 1 aromatic heterocycles. The van der Waals surface area contributed by atoms with Crippen LogP contribution in [0.2, 0.25) is 15.1 Å². The molecule has 4 rings (SSSR count). The third kappa shape index (κ3) is 11.5. The summed E-state index contributed by atoms with van der Waals surface area (Å²) in [7, 11) is -1.71. The number of benzene rings is 2. The normalized spacial score (nSPS) is 16.3. The Morgan fingerprint density at radius 2 is 1.76 bits per heavy atom. The first-order valence-electron chi connectivity index (χ1n) is 17.8. The van der Waals surface area contributed by atoms with Gasteiger partial charge in [-0.1, -0.05) is 126 Å². The Kier molecular flexibility index (Phi) is 18.5. The number of hydrogen-bond donors (Lipinski definition) is 2. The van der Waals surface area contributed by atoms with Crippen molar-refractivity contribution >= 4 is 61.8 Å². The van der Waals surface area contributed by atoms with E-state index in [1.54, 1.807) is 12.1 Å². The highest BCUT2D eigenvalue weighted by Gasteiger charge is 2.24. The van der Waals surface area contributed by atoms with Crippen LogP contribution in [0.5, 0.6) is 5.88 Å². The number of hydrogen-bond acceptors (Lipinski definition) is 5. The quantitative estimate of drug-likeness (QED) is 0.142. The van der Waals surface area contributed by atoms with E-state index < -0.39 is 9.52 Å². The molecule has 5 nitrogen and oxygen atoms in total. The van der Waals surface area contributed by atoms with E-state index in [0.29, 0.717) is 32.1 Å². The van der Waals surface area contributed by atoms with Gasteiger partial charge in [-0.3, -0.25) is 4.21 Å². The summed E-state index contributed by atoms with van der Waals surface area (Å²) in [4.78, 5) is 4.72. The van der Waals surface area contributed by atoms with Gasteiger partial charge < -0.3 is 15.8 Å². The first kappa shape index (κ1) is 43.7. The van der Waals surface area contributed by atoms with Gasteiger partial charge >= 0.3 is 0 Å². The summed E-state index contributed by atoms with van der Waals surface area (Å²) in [5.74, 6) is 5.54. The Labute approximate surface area is 317 Å². The van der Waals surface area contributed by atoms with Crippen LogP contribution in [0.15, 0.2) is 64.7 Å². The lowest BCUT2D eigenvalue weighted by atomic mass is 9.94. The van der Waals surface area contributed by atoms with Gasteiger partial charge in [-0.15, -0.1) is 0 Å². The van der Waals surface area contributed by atoms with Crippen molar-refractivity contribution < 1.29 is 8.95 Å². The van der Waals surface area contributed by atoms with E-state index in [-0.39, 0.29) is 21.7 Å². The Morgan fingerprint density at radius 1 is 1.10 bits per heavy atom. The Balaban J connectivity index is 0.000000613. The lowest BCUT2D eigenvalue weighted by molar-refractivity contribution is 0.386. The molecule has 2 aromatic carbocycles. The average Bonchev–Trinajstić information content (AvgIpc) is 3.62. The van der Waals surface area contributed by atoms with Crippen LogP contribution in [0.4, 0.5) is 0 Å². The molecule has 3 atom stereocenters. The molecule has 0 radical (unpaired) electrons. The molecular formula is C41H58Cl3N3O2S. The Morgan fingerprint density at radius 3 is 2.34 bits per heavy atom. The molecule has 1 aliphatic rings. The predicted octanol–water partition coefficient (Wildman–Crippen LogP) is 10.2. The fourth-order valence-electron chi connectivity index (χ4n) is 5.82. The van der Waals surface area contributed by atoms with Crippen molar-refractivity contribution in [3.05, 3.63) is 80.4 Å². The van der Waals surface area contributed by atoms with Gasteiger partial charge in [0.25, 0.3) is 0 Å². The summed E-state index contributed by atoms with van der Waals surface area (Å²) in [6.45, 7) is 21.1. The lowest BCUT2D eigenvalue weighted by Gasteiger charge is -2.18. The minimum absolute atomic E-state index is 0.0116. The van der Waals surface area contributed by atoms with Crippen molar-refractivity contribution in [1.29, 1.82) is 0 Å². The van der Waals surface area contributed by atoms with Crippen molar-refractivity contribution in [2.75, 3.05) is 20.2 Å². The zero-order valence-corrected chi connectivity index (χ0v) is 34.4. The minimum atomic E-state index is -3.16. The Bertz CT molecular complexity index is 1800. The van der Waals surface area contributed by atoms with Crippen LogP contribution in [0, 0.1) is 17.8 Å². The van der Waals surface area contributed by atoms with Gasteiger partial charge in [-0.05, 0) is 97.2 Å². The third-order valence-electron chi connectivity index (χ3n) is 9.16. The van der Waals surface area contributed by atoms with E-state index in [0.717, 1.165) is 33.9 Å². The van der Waals surface area contributed by atoms with E-state index >= 15 is 0 Å². The molecule has 3 N–H and O–H groups in total. The first-order valence-corrected chi connectivity index (χ1v) is 20.7. The molecule has 0 saturated heterocycles. The molecule has 1 aliphatic carbocycles. The number of pyridine rings is 1. The van der Waals surface area contributed by atoms with Gasteiger partial charge in [-0.25, -0.2) is 4.98 Å². The van der Waals surface area contributed by atoms with E-state index in [2.05, 4.69) is 62.6 Å². The van der Waals surface area contributed by atoms with Gasteiger partial charge in [0, 0.05) is 37.9 Å². The van der Waals surface area contributed by atoms with Gasteiger partial charge in [0.05, 0.1) is 26.9 Å². The molecule has 0 spiro atoms. The standard InChI is InChI=1S/C30H33Cl3N2O2S.C9H19N.C2H6/c1-8-17(2)13-22-14-21(9-10-24(22)19(4)18(3)20(5)34)28-25(32)11-12-26(29(28)33)38(7,36)27-15-23(31)16-35-30(27)37-6;1-2-7-10-8-9-5-3-4-6-9;1-2/h9-18H,5,7-8,34H2,1-4,6H3;9-10H,2-8H2,1H3;1-2H3/b22-13-,24-19-;;. The number of halogens is 3. The van der Waals surface area contributed by atoms with Gasteiger partial charge in [0.1, 0.15) is 0 Å². The summed E-state index contributed by atoms with van der Waals surface area (Å²) < 4.78 is 19.5. The molecule has 1 saturated carbocycles. The highest BCUT2D eigenvalue weighted by Crippen LogP contribution is 2.41. The summed E-state index contributed by atoms with van der Waals surface area (Å²) in [5.41, 5.74) is 9.11. The van der Waals surface area contributed by atoms with Crippen LogP contribution in [0.25, 0.3) is 22.8 Å². The molecular weight excluding hydrogens is 705 g/mol. The smallest absolute Gasteiger partial charge is 0.229 e. The molecule has 50 heavy (non-hydrogen) atoms. The fourth-order valence-corrected chi connectivity index (χ4v) is 8.65. The number of nitrogens with one attached hydrogen (secondary N) is 1. The molecule has 1 fully saturated rings. The number of ether oxygens (including phenoxy) is 1. The summed E-state index contributed by atoms with van der Waals surface area (Å²) in [6.07, 6.45) is 11.8. The number of aromatic nitrogens is 1. The molecule has 0 bridgehead atoms. The molecule has 0 aliphatic heterocycles. The van der Waals surface area contributed by atoms with Crippen LogP contribution in [-0.4, -0.2) is 35.3 Å². The molecule has 1 heterocycles. The van der Waals surface area contributed by atoms with Gasteiger partial charge in [0.15, 0.2) is 0 Å². The second-order valence-electron chi connectivity index (χ2n) is 12.8. The zero-order chi connectivity index (χ0) is 37.6. The minimum Gasteiger partial charge on any atom is -0.480 e. The second kappa shape index (κ2) is 21.1. The van der Waals surface area contributed by atoms with Crippen molar-refractivity contribution in [2.45, 2.75) is 96.8 Å². The molecule has 9 heteroatoms. The van der Waals surface area contributed by atoms with Crippen LogP contribution in [0.3, 0.4) is 0 Å².